The predicted molar refractivity (Wildman–Crippen MR) is 68.0 cm³/mol. The first-order chi connectivity index (χ1) is 8.26. The average molecular weight is 233 g/mol. The lowest BCUT2D eigenvalue weighted by Crippen LogP contribution is -2.07. The van der Waals surface area contributed by atoms with Crippen molar-refractivity contribution in [1.29, 1.82) is 0 Å². The molecule has 0 radical (unpaired) electrons. The highest BCUT2D eigenvalue weighted by Gasteiger charge is 2.10. The standard InChI is InChI=1S/C13H19N3O/c1-3-4-5-12-15-11-8-10(2)9-14-13(11)16(12)6-7-17/h8-9,17H,3-7H2,1-2H3. The first-order valence-electron chi connectivity index (χ1n) is 6.19. The van der Waals surface area contributed by atoms with Gasteiger partial charge in [-0.3, -0.25) is 0 Å². The van der Waals surface area contributed by atoms with Gasteiger partial charge in [-0.1, -0.05) is 13.3 Å². The molecule has 2 aromatic rings. The molecule has 1 N–H and O–H groups in total. The smallest absolute Gasteiger partial charge is 0.160 e. The number of hydrogen-bond donors (Lipinski definition) is 1. The molecule has 92 valence electrons. The van der Waals surface area contributed by atoms with Gasteiger partial charge in [-0.25, -0.2) is 9.97 Å². The fourth-order valence-electron chi connectivity index (χ4n) is 2.02. The SMILES string of the molecule is CCCCc1nc2cc(C)cnc2n1CCO. The zero-order valence-corrected chi connectivity index (χ0v) is 10.5. The molecule has 2 heterocycles. The number of aliphatic hydroxyl groups is 1. The molecule has 0 bridgehead atoms. The van der Waals surface area contributed by atoms with Gasteiger partial charge in [0.15, 0.2) is 5.65 Å². The van der Waals surface area contributed by atoms with E-state index in [0.717, 1.165) is 41.8 Å². The molecule has 4 nitrogen and oxygen atoms in total. The van der Waals surface area contributed by atoms with Crippen molar-refractivity contribution in [3.05, 3.63) is 23.7 Å². The van der Waals surface area contributed by atoms with Gasteiger partial charge in [0.05, 0.1) is 6.61 Å². The van der Waals surface area contributed by atoms with E-state index in [0.29, 0.717) is 6.54 Å². The van der Waals surface area contributed by atoms with E-state index in [1.165, 1.54) is 0 Å². The summed E-state index contributed by atoms with van der Waals surface area (Å²) in [4.78, 5) is 9.04. The number of imidazole rings is 1. The summed E-state index contributed by atoms with van der Waals surface area (Å²) >= 11 is 0. The number of pyridine rings is 1. The number of aryl methyl sites for hydroxylation is 2. The van der Waals surface area contributed by atoms with E-state index in [1.54, 1.807) is 0 Å². The Balaban J connectivity index is 2.45. The molecule has 0 aliphatic rings. The first-order valence-corrected chi connectivity index (χ1v) is 6.19. The van der Waals surface area contributed by atoms with Gasteiger partial charge in [0.1, 0.15) is 11.3 Å². The van der Waals surface area contributed by atoms with E-state index in [1.807, 2.05) is 23.8 Å². The van der Waals surface area contributed by atoms with Crippen LogP contribution in [0.15, 0.2) is 12.3 Å². The number of fused-ring (bicyclic) bond motifs is 1. The molecule has 0 saturated carbocycles. The van der Waals surface area contributed by atoms with Gasteiger partial charge in [-0.05, 0) is 25.0 Å². The highest BCUT2D eigenvalue weighted by atomic mass is 16.3. The number of hydrogen-bond acceptors (Lipinski definition) is 3. The molecule has 0 fully saturated rings. The zero-order chi connectivity index (χ0) is 12.3. The van der Waals surface area contributed by atoms with Crippen LogP contribution in [0.3, 0.4) is 0 Å². The van der Waals surface area contributed by atoms with E-state index in [4.69, 9.17) is 5.11 Å². The maximum Gasteiger partial charge on any atom is 0.160 e. The molecule has 0 aromatic carbocycles. The van der Waals surface area contributed by atoms with Crippen molar-refractivity contribution in [3.63, 3.8) is 0 Å². The number of rotatable bonds is 5. The van der Waals surface area contributed by atoms with Gasteiger partial charge < -0.3 is 9.67 Å². The van der Waals surface area contributed by atoms with Crippen molar-refractivity contribution in [2.24, 2.45) is 0 Å². The molecule has 0 spiro atoms. The number of unbranched alkanes of at least 4 members (excludes halogenated alkanes) is 1. The van der Waals surface area contributed by atoms with Crippen LogP contribution >= 0.6 is 0 Å². The maximum atomic E-state index is 9.13. The number of aromatic nitrogens is 3. The van der Waals surface area contributed by atoms with Crippen LogP contribution in [0.25, 0.3) is 11.2 Å². The minimum atomic E-state index is 0.125. The monoisotopic (exact) mass is 233 g/mol. The Morgan fingerprint density at radius 3 is 2.94 bits per heavy atom. The van der Waals surface area contributed by atoms with Crippen LogP contribution in [0.4, 0.5) is 0 Å². The van der Waals surface area contributed by atoms with Crippen molar-refractivity contribution in [3.8, 4) is 0 Å². The molecule has 17 heavy (non-hydrogen) atoms. The molecular weight excluding hydrogens is 214 g/mol. The fraction of sp³-hybridized carbons (Fsp3) is 0.538. The summed E-state index contributed by atoms with van der Waals surface area (Å²) in [5, 5.41) is 9.13. The average Bonchev–Trinajstić information content (AvgIpc) is 2.64. The molecule has 0 aliphatic heterocycles. The summed E-state index contributed by atoms with van der Waals surface area (Å²) in [6.45, 7) is 4.89. The molecular formula is C13H19N3O. The first kappa shape index (κ1) is 12.0. The predicted octanol–water partition coefficient (Wildman–Crippen LogP) is 2.07. The van der Waals surface area contributed by atoms with Gasteiger partial charge in [-0.2, -0.15) is 0 Å². The molecule has 0 atom stereocenters. The number of nitrogens with zero attached hydrogens (tertiary/aromatic N) is 3. The van der Waals surface area contributed by atoms with E-state index >= 15 is 0 Å². The highest BCUT2D eigenvalue weighted by molar-refractivity contribution is 5.72. The van der Waals surface area contributed by atoms with Crippen LogP contribution in [0.2, 0.25) is 0 Å². The lowest BCUT2D eigenvalue weighted by molar-refractivity contribution is 0.275. The lowest BCUT2D eigenvalue weighted by atomic mass is 10.2. The van der Waals surface area contributed by atoms with Crippen molar-refractivity contribution in [1.82, 2.24) is 14.5 Å². The normalized spacial score (nSPS) is 11.2. The van der Waals surface area contributed by atoms with Crippen LogP contribution in [-0.4, -0.2) is 26.2 Å². The van der Waals surface area contributed by atoms with Gasteiger partial charge in [0.2, 0.25) is 0 Å². The van der Waals surface area contributed by atoms with Crippen molar-refractivity contribution >= 4 is 11.2 Å². The highest BCUT2D eigenvalue weighted by Crippen LogP contribution is 2.16. The van der Waals surface area contributed by atoms with E-state index in [9.17, 15) is 0 Å². The molecule has 2 aromatic heterocycles. The van der Waals surface area contributed by atoms with Crippen molar-refractivity contribution in [2.75, 3.05) is 6.61 Å². The van der Waals surface area contributed by atoms with Crippen molar-refractivity contribution in [2.45, 2.75) is 39.7 Å². The van der Waals surface area contributed by atoms with Crippen LogP contribution in [0, 0.1) is 6.92 Å². The van der Waals surface area contributed by atoms with Gasteiger partial charge >= 0.3 is 0 Å². The van der Waals surface area contributed by atoms with Crippen LogP contribution in [0.5, 0.6) is 0 Å². The van der Waals surface area contributed by atoms with Gasteiger partial charge in [-0.15, -0.1) is 0 Å². The van der Waals surface area contributed by atoms with Gasteiger partial charge in [0, 0.05) is 19.2 Å². The third-order valence-electron chi connectivity index (χ3n) is 2.88. The second-order valence-electron chi connectivity index (χ2n) is 4.36. The largest absolute Gasteiger partial charge is 0.395 e. The summed E-state index contributed by atoms with van der Waals surface area (Å²) in [6.07, 6.45) is 5.07. The second kappa shape index (κ2) is 5.27. The summed E-state index contributed by atoms with van der Waals surface area (Å²) in [7, 11) is 0. The van der Waals surface area contributed by atoms with Crippen LogP contribution < -0.4 is 0 Å². The van der Waals surface area contributed by atoms with E-state index < -0.39 is 0 Å². The topological polar surface area (TPSA) is 50.9 Å². The summed E-state index contributed by atoms with van der Waals surface area (Å²) < 4.78 is 2.03. The summed E-state index contributed by atoms with van der Waals surface area (Å²) in [5.74, 6) is 1.04. The Bertz CT molecular complexity index is 505. The maximum absolute atomic E-state index is 9.13. The molecule has 0 saturated heterocycles. The zero-order valence-electron chi connectivity index (χ0n) is 10.5. The number of aliphatic hydroxyl groups excluding tert-OH is 1. The van der Waals surface area contributed by atoms with Crippen LogP contribution in [-0.2, 0) is 13.0 Å². The Hall–Kier alpha value is -1.42. The van der Waals surface area contributed by atoms with E-state index in [-0.39, 0.29) is 6.61 Å². The minimum Gasteiger partial charge on any atom is -0.395 e. The Morgan fingerprint density at radius 2 is 2.24 bits per heavy atom. The third kappa shape index (κ3) is 2.47. The minimum absolute atomic E-state index is 0.125. The summed E-state index contributed by atoms with van der Waals surface area (Å²) in [6, 6.07) is 2.05. The summed E-state index contributed by atoms with van der Waals surface area (Å²) in [5.41, 5.74) is 2.94. The molecule has 0 amide bonds. The molecule has 4 heteroatoms. The Morgan fingerprint density at radius 1 is 1.41 bits per heavy atom. The van der Waals surface area contributed by atoms with E-state index in [2.05, 4.69) is 16.9 Å². The van der Waals surface area contributed by atoms with Crippen LogP contribution in [0.1, 0.15) is 31.2 Å². The Kier molecular flexibility index (Phi) is 3.74. The third-order valence-corrected chi connectivity index (χ3v) is 2.88. The fourth-order valence-corrected chi connectivity index (χ4v) is 2.02. The Labute approximate surface area is 101 Å². The van der Waals surface area contributed by atoms with Crippen molar-refractivity contribution < 1.29 is 5.11 Å². The molecule has 0 aliphatic carbocycles. The molecule has 0 unspecified atom stereocenters. The quantitative estimate of drug-likeness (QED) is 0.860. The molecule has 2 rings (SSSR count). The van der Waals surface area contributed by atoms with Gasteiger partial charge in [0.25, 0.3) is 0 Å². The lowest BCUT2D eigenvalue weighted by Gasteiger charge is -2.05. The second-order valence-corrected chi connectivity index (χ2v) is 4.36.